The van der Waals surface area contributed by atoms with Gasteiger partial charge < -0.3 is 9.64 Å². The molecule has 0 aliphatic carbocycles. The van der Waals surface area contributed by atoms with Crippen LogP contribution in [0.15, 0.2) is 12.4 Å². The predicted octanol–water partition coefficient (Wildman–Crippen LogP) is 0.277. The number of hydrogen-bond acceptors (Lipinski definition) is 3. The number of ether oxygens (including phenoxy) is 1. The normalized spacial score (nSPS) is 22.1. The smallest absolute Gasteiger partial charge is 0.250 e. The van der Waals surface area contributed by atoms with Crippen molar-refractivity contribution in [3.63, 3.8) is 0 Å². The Morgan fingerprint density at radius 1 is 1.47 bits per heavy atom. The molecule has 0 unspecified atom stereocenters. The molecule has 1 aromatic rings. The summed E-state index contributed by atoms with van der Waals surface area (Å²) in [5.74, 6) is 0.118. The first kappa shape index (κ1) is 10.8. The van der Waals surface area contributed by atoms with Crippen LogP contribution in [0.25, 0.3) is 0 Å². The Kier molecular flexibility index (Phi) is 2.10. The number of aromatic nitrogens is 2. The van der Waals surface area contributed by atoms with Crippen LogP contribution < -0.4 is 0 Å². The lowest BCUT2D eigenvalue weighted by Crippen LogP contribution is -2.69. The van der Waals surface area contributed by atoms with Gasteiger partial charge in [-0.05, 0) is 13.8 Å². The molecule has 1 amide bonds. The van der Waals surface area contributed by atoms with Crippen LogP contribution in [0.2, 0.25) is 0 Å². The van der Waals surface area contributed by atoms with E-state index < -0.39 is 5.54 Å². The number of rotatable bonds is 2. The summed E-state index contributed by atoms with van der Waals surface area (Å²) >= 11 is 0. The molecule has 0 bridgehead atoms. The van der Waals surface area contributed by atoms with Gasteiger partial charge in [0.1, 0.15) is 5.54 Å². The van der Waals surface area contributed by atoms with Gasteiger partial charge in [0, 0.05) is 25.4 Å². The highest BCUT2D eigenvalue weighted by molar-refractivity contribution is 5.84. The van der Waals surface area contributed by atoms with Crippen LogP contribution in [-0.2, 0) is 15.1 Å². The van der Waals surface area contributed by atoms with Crippen molar-refractivity contribution in [3.05, 3.63) is 18.5 Å². The molecule has 0 aromatic carbocycles. The Morgan fingerprint density at radius 2 is 2.18 bits per heavy atom. The first-order valence-corrected chi connectivity index (χ1v) is 5.82. The average Bonchev–Trinajstić information content (AvgIpc) is 2.65. The lowest BCUT2D eigenvalue weighted by atomic mass is 9.77. The Balaban J connectivity index is 1.70. The SMILES string of the molecule is CC(C)(C(=O)N1CC2(COC2)C1)n1c[c]cn1. The molecule has 3 rings (SSSR count). The largest absolute Gasteiger partial charge is 0.380 e. The number of likely N-dealkylation sites (tertiary alicyclic amines) is 1. The van der Waals surface area contributed by atoms with Gasteiger partial charge >= 0.3 is 0 Å². The first-order chi connectivity index (χ1) is 8.04. The zero-order valence-corrected chi connectivity index (χ0v) is 10.1. The molecule has 5 nitrogen and oxygen atoms in total. The fourth-order valence-electron chi connectivity index (χ4n) is 2.50. The standard InChI is InChI=1S/C12H16N3O2/c1-11(2,15-5-3-4-13-15)10(16)14-6-12(7-14)8-17-9-12/h4-5H,6-9H2,1-2H3. The predicted molar refractivity (Wildman–Crippen MR) is 60.2 cm³/mol. The van der Waals surface area contributed by atoms with E-state index in [4.69, 9.17) is 4.74 Å². The third-order valence-electron chi connectivity index (χ3n) is 3.71. The number of nitrogens with zero attached hydrogens (tertiary/aromatic N) is 3. The molecule has 91 valence electrons. The molecular weight excluding hydrogens is 218 g/mol. The summed E-state index contributed by atoms with van der Waals surface area (Å²) in [6.07, 6.45) is 3.28. The molecule has 0 saturated carbocycles. The second-order valence-electron chi connectivity index (χ2n) is 5.60. The fraction of sp³-hybridized carbons (Fsp3) is 0.667. The second-order valence-corrected chi connectivity index (χ2v) is 5.60. The Hall–Kier alpha value is -1.36. The van der Waals surface area contributed by atoms with Crippen molar-refractivity contribution in [2.24, 2.45) is 5.41 Å². The van der Waals surface area contributed by atoms with E-state index in [1.54, 1.807) is 17.1 Å². The fourth-order valence-corrected chi connectivity index (χ4v) is 2.50. The molecule has 2 saturated heterocycles. The van der Waals surface area contributed by atoms with Crippen molar-refractivity contribution in [1.29, 1.82) is 0 Å². The van der Waals surface area contributed by atoms with E-state index in [2.05, 4.69) is 11.2 Å². The van der Waals surface area contributed by atoms with E-state index in [0.717, 1.165) is 26.3 Å². The maximum atomic E-state index is 12.4. The summed E-state index contributed by atoms with van der Waals surface area (Å²) in [4.78, 5) is 14.3. The van der Waals surface area contributed by atoms with Crippen molar-refractivity contribution >= 4 is 5.91 Å². The zero-order chi connectivity index (χ0) is 12.1. The van der Waals surface area contributed by atoms with Gasteiger partial charge in [0.05, 0.1) is 24.8 Å². The van der Waals surface area contributed by atoms with E-state index >= 15 is 0 Å². The average molecular weight is 234 g/mol. The Morgan fingerprint density at radius 3 is 2.65 bits per heavy atom. The molecule has 1 radical (unpaired) electrons. The van der Waals surface area contributed by atoms with Gasteiger partial charge in [-0.25, -0.2) is 0 Å². The third kappa shape index (κ3) is 1.49. The maximum Gasteiger partial charge on any atom is 0.250 e. The van der Waals surface area contributed by atoms with Crippen LogP contribution in [0.4, 0.5) is 0 Å². The molecular formula is C12H16N3O2. The van der Waals surface area contributed by atoms with Gasteiger partial charge in [0.25, 0.3) is 0 Å². The summed E-state index contributed by atoms with van der Waals surface area (Å²) < 4.78 is 6.87. The Bertz CT molecular complexity index is 427. The lowest BCUT2D eigenvalue weighted by molar-refractivity contribution is -0.199. The monoisotopic (exact) mass is 234 g/mol. The summed E-state index contributed by atoms with van der Waals surface area (Å²) in [7, 11) is 0. The summed E-state index contributed by atoms with van der Waals surface area (Å²) in [6, 6.07) is 2.87. The minimum Gasteiger partial charge on any atom is -0.380 e. The number of hydrogen-bond donors (Lipinski definition) is 0. The van der Waals surface area contributed by atoms with E-state index in [9.17, 15) is 4.79 Å². The van der Waals surface area contributed by atoms with E-state index in [1.807, 2.05) is 18.7 Å². The van der Waals surface area contributed by atoms with Crippen molar-refractivity contribution in [1.82, 2.24) is 14.7 Å². The molecule has 1 aromatic heterocycles. The lowest BCUT2D eigenvalue weighted by Gasteiger charge is -2.56. The van der Waals surface area contributed by atoms with Gasteiger partial charge in [-0.3, -0.25) is 9.48 Å². The second kappa shape index (κ2) is 3.32. The third-order valence-corrected chi connectivity index (χ3v) is 3.71. The number of carbonyl (C=O) groups excluding carboxylic acids is 1. The van der Waals surface area contributed by atoms with Crippen LogP contribution in [0, 0.1) is 11.5 Å². The summed E-state index contributed by atoms with van der Waals surface area (Å²) in [5, 5.41) is 4.11. The van der Waals surface area contributed by atoms with Gasteiger partial charge in [0.15, 0.2) is 0 Å². The zero-order valence-electron chi connectivity index (χ0n) is 10.1. The maximum absolute atomic E-state index is 12.4. The quantitative estimate of drug-likeness (QED) is 0.738. The molecule has 2 aliphatic heterocycles. The van der Waals surface area contributed by atoms with Crippen LogP contribution in [-0.4, -0.2) is 46.9 Å². The highest BCUT2D eigenvalue weighted by Gasteiger charge is 2.53. The number of amides is 1. The van der Waals surface area contributed by atoms with E-state index in [-0.39, 0.29) is 11.3 Å². The van der Waals surface area contributed by atoms with Gasteiger partial charge in [-0.15, -0.1) is 0 Å². The highest BCUT2D eigenvalue weighted by Crippen LogP contribution is 2.39. The van der Waals surface area contributed by atoms with Crippen molar-refractivity contribution in [2.45, 2.75) is 19.4 Å². The number of carbonyl (C=O) groups is 1. The molecule has 17 heavy (non-hydrogen) atoms. The molecule has 2 aliphatic rings. The topological polar surface area (TPSA) is 47.4 Å². The molecule has 5 heteroatoms. The van der Waals surface area contributed by atoms with Crippen LogP contribution in [0.3, 0.4) is 0 Å². The summed E-state index contributed by atoms with van der Waals surface area (Å²) in [6.45, 7) is 7.01. The highest BCUT2D eigenvalue weighted by atomic mass is 16.5. The van der Waals surface area contributed by atoms with Gasteiger partial charge in [-0.2, -0.15) is 5.10 Å². The molecule has 1 spiro atoms. The first-order valence-electron chi connectivity index (χ1n) is 5.82. The molecule has 0 atom stereocenters. The molecule has 2 fully saturated rings. The van der Waals surface area contributed by atoms with Crippen molar-refractivity contribution < 1.29 is 9.53 Å². The van der Waals surface area contributed by atoms with Gasteiger partial charge in [-0.1, -0.05) is 0 Å². The van der Waals surface area contributed by atoms with E-state index in [1.165, 1.54) is 0 Å². The summed E-state index contributed by atoms with van der Waals surface area (Å²) in [5.41, 5.74) is -0.367. The van der Waals surface area contributed by atoms with Crippen LogP contribution in [0.1, 0.15) is 13.8 Å². The van der Waals surface area contributed by atoms with E-state index in [0.29, 0.717) is 0 Å². The minimum absolute atomic E-state index is 0.118. The van der Waals surface area contributed by atoms with Crippen molar-refractivity contribution in [3.8, 4) is 0 Å². The van der Waals surface area contributed by atoms with Crippen LogP contribution >= 0.6 is 0 Å². The molecule has 3 heterocycles. The van der Waals surface area contributed by atoms with Crippen LogP contribution in [0.5, 0.6) is 0 Å². The minimum atomic E-state index is -0.633. The Labute approximate surface area is 100 Å². The molecule has 0 N–H and O–H groups in total. The van der Waals surface area contributed by atoms with Gasteiger partial charge in [0.2, 0.25) is 5.91 Å². The van der Waals surface area contributed by atoms with Crippen molar-refractivity contribution in [2.75, 3.05) is 26.3 Å².